The van der Waals surface area contributed by atoms with E-state index in [9.17, 15) is 9.90 Å². The van der Waals surface area contributed by atoms with Crippen LogP contribution in [-0.4, -0.2) is 24.3 Å². The highest BCUT2D eigenvalue weighted by Crippen LogP contribution is 2.27. The second-order valence-corrected chi connectivity index (χ2v) is 5.24. The van der Waals surface area contributed by atoms with Crippen LogP contribution in [-0.2, 0) is 0 Å². The number of nitrogens with zero attached hydrogens (tertiary/aromatic N) is 1. The fraction of sp³-hybridized carbons (Fsp3) is 0.0667. The summed E-state index contributed by atoms with van der Waals surface area (Å²) in [5.41, 5.74) is 3.43. The summed E-state index contributed by atoms with van der Waals surface area (Å²) in [7, 11) is 1.47. The second kappa shape index (κ2) is 7.07. The summed E-state index contributed by atoms with van der Waals surface area (Å²) in [6.45, 7) is 0. The number of phenolic OH excluding ortho intramolecular Hbond substituents is 1. The number of benzene rings is 2. The Labute approximate surface area is 135 Å². The Hall–Kier alpha value is -2.09. The number of nitrogens with one attached hydrogen (secondary N) is 1. The van der Waals surface area contributed by atoms with Crippen molar-refractivity contribution >= 4 is 34.7 Å². The molecule has 0 saturated heterocycles. The van der Waals surface area contributed by atoms with E-state index in [-0.39, 0.29) is 11.7 Å². The van der Waals surface area contributed by atoms with Gasteiger partial charge in [0.2, 0.25) is 0 Å². The first-order valence-electron chi connectivity index (χ1n) is 6.07. The molecule has 0 heterocycles. The van der Waals surface area contributed by atoms with Crippen LogP contribution in [0.5, 0.6) is 11.5 Å². The largest absolute Gasteiger partial charge is 0.504 e. The number of hydrogen-bond donors (Lipinski definition) is 2. The average molecular weight is 396 g/mol. The maximum absolute atomic E-state index is 11.9. The summed E-state index contributed by atoms with van der Waals surface area (Å²) in [5.74, 6) is 0.0220. The molecule has 6 heteroatoms. The number of carbonyl (C=O) groups is 1. The fourth-order valence-corrected chi connectivity index (χ4v) is 2.31. The SMILES string of the molecule is COc1cccc(/C=N/NC(=O)c2ccccc2I)c1O. The van der Waals surface area contributed by atoms with Gasteiger partial charge >= 0.3 is 0 Å². The first-order valence-corrected chi connectivity index (χ1v) is 7.15. The van der Waals surface area contributed by atoms with Gasteiger partial charge in [0.1, 0.15) is 0 Å². The van der Waals surface area contributed by atoms with E-state index in [0.29, 0.717) is 16.9 Å². The number of methoxy groups -OCH3 is 1. The molecule has 2 aromatic rings. The zero-order valence-corrected chi connectivity index (χ0v) is 13.4. The Morgan fingerprint density at radius 3 is 2.76 bits per heavy atom. The highest BCUT2D eigenvalue weighted by Gasteiger charge is 2.08. The standard InChI is InChI=1S/C15H13IN2O3/c1-21-13-8-4-5-10(14(13)19)9-17-18-15(20)11-6-2-3-7-12(11)16/h2-9,19H,1H3,(H,18,20)/b17-9+. The highest BCUT2D eigenvalue weighted by molar-refractivity contribution is 14.1. The highest BCUT2D eigenvalue weighted by atomic mass is 127. The predicted octanol–water partition coefficient (Wildman–Crippen LogP) is 2.77. The van der Waals surface area contributed by atoms with E-state index in [1.165, 1.54) is 13.3 Å². The number of halogens is 1. The van der Waals surface area contributed by atoms with Crippen LogP contribution < -0.4 is 10.2 Å². The summed E-state index contributed by atoms with van der Waals surface area (Å²) >= 11 is 2.08. The summed E-state index contributed by atoms with van der Waals surface area (Å²) in [6.07, 6.45) is 1.37. The van der Waals surface area contributed by atoms with Crippen molar-refractivity contribution in [3.05, 3.63) is 57.2 Å². The third-order valence-electron chi connectivity index (χ3n) is 2.74. The fourth-order valence-electron chi connectivity index (χ4n) is 1.67. The second-order valence-electron chi connectivity index (χ2n) is 4.08. The Kier molecular flexibility index (Phi) is 5.15. The normalized spacial score (nSPS) is 10.6. The molecule has 0 unspecified atom stereocenters. The topological polar surface area (TPSA) is 70.9 Å². The average Bonchev–Trinajstić information content (AvgIpc) is 2.49. The van der Waals surface area contributed by atoms with E-state index in [4.69, 9.17) is 4.74 Å². The van der Waals surface area contributed by atoms with Crippen molar-refractivity contribution in [1.29, 1.82) is 0 Å². The predicted molar refractivity (Wildman–Crippen MR) is 88.9 cm³/mol. The summed E-state index contributed by atoms with van der Waals surface area (Å²) in [6, 6.07) is 12.2. The molecule has 2 N–H and O–H groups in total. The number of carbonyl (C=O) groups excluding carboxylic acids is 1. The maximum atomic E-state index is 11.9. The molecule has 21 heavy (non-hydrogen) atoms. The minimum Gasteiger partial charge on any atom is -0.504 e. The summed E-state index contributed by atoms with van der Waals surface area (Å²) < 4.78 is 5.84. The van der Waals surface area contributed by atoms with Gasteiger partial charge in [-0.3, -0.25) is 4.79 Å². The molecule has 0 spiro atoms. The molecule has 0 aliphatic heterocycles. The van der Waals surface area contributed by atoms with Gasteiger partial charge in [0.25, 0.3) is 5.91 Å². The van der Waals surface area contributed by atoms with Crippen molar-refractivity contribution in [3.63, 3.8) is 0 Å². The zero-order valence-electron chi connectivity index (χ0n) is 11.2. The number of para-hydroxylation sites is 1. The van der Waals surface area contributed by atoms with E-state index in [2.05, 4.69) is 33.1 Å². The molecule has 0 aliphatic rings. The van der Waals surface area contributed by atoms with Crippen molar-refractivity contribution in [2.24, 2.45) is 5.10 Å². The number of hydrogen-bond acceptors (Lipinski definition) is 4. The van der Waals surface area contributed by atoms with Crippen molar-refractivity contribution in [3.8, 4) is 11.5 Å². The van der Waals surface area contributed by atoms with Gasteiger partial charge in [0.05, 0.1) is 18.9 Å². The number of hydrazone groups is 1. The van der Waals surface area contributed by atoms with E-state index < -0.39 is 0 Å². The number of rotatable bonds is 4. The minimum atomic E-state index is -0.307. The van der Waals surface area contributed by atoms with Crippen LogP contribution in [0.4, 0.5) is 0 Å². The number of ether oxygens (including phenoxy) is 1. The molecule has 0 radical (unpaired) electrons. The molecule has 1 amide bonds. The van der Waals surface area contributed by atoms with Crippen molar-refractivity contribution in [2.45, 2.75) is 0 Å². The van der Waals surface area contributed by atoms with Gasteiger partial charge in [-0.1, -0.05) is 18.2 Å². The van der Waals surface area contributed by atoms with E-state index in [0.717, 1.165) is 3.57 Å². The van der Waals surface area contributed by atoms with Crippen LogP contribution >= 0.6 is 22.6 Å². The van der Waals surface area contributed by atoms with Crippen LogP contribution in [0.2, 0.25) is 0 Å². The van der Waals surface area contributed by atoms with Gasteiger partial charge in [-0.25, -0.2) is 5.43 Å². The van der Waals surface area contributed by atoms with Crippen molar-refractivity contribution in [1.82, 2.24) is 5.43 Å². The molecule has 0 atom stereocenters. The Morgan fingerprint density at radius 2 is 2.05 bits per heavy atom. The lowest BCUT2D eigenvalue weighted by atomic mass is 10.2. The Bertz CT molecular complexity index is 686. The van der Waals surface area contributed by atoms with Gasteiger partial charge in [0, 0.05) is 9.13 Å². The van der Waals surface area contributed by atoms with Crippen molar-refractivity contribution < 1.29 is 14.6 Å². The van der Waals surface area contributed by atoms with E-state index in [1.54, 1.807) is 30.3 Å². The van der Waals surface area contributed by atoms with Crippen LogP contribution in [0.1, 0.15) is 15.9 Å². The number of amides is 1. The summed E-state index contributed by atoms with van der Waals surface area (Å²) in [4.78, 5) is 11.9. The Morgan fingerprint density at radius 1 is 1.29 bits per heavy atom. The number of aromatic hydroxyl groups is 1. The molecular weight excluding hydrogens is 383 g/mol. The third-order valence-corrected chi connectivity index (χ3v) is 3.68. The van der Waals surface area contributed by atoms with Crippen LogP contribution in [0.25, 0.3) is 0 Å². The molecule has 0 aromatic heterocycles. The van der Waals surface area contributed by atoms with Gasteiger partial charge in [-0.15, -0.1) is 0 Å². The van der Waals surface area contributed by atoms with Gasteiger partial charge < -0.3 is 9.84 Å². The lowest BCUT2D eigenvalue weighted by Crippen LogP contribution is -2.18. The van der Waals surface area contributed by atoms with E-state index >= 15 is 0 Å². The van der Waals surface area contributed by atoms with Gasteiger partial charge in [-0.05, 0) is 46.9 Å². The first-order chi connectivity index (χ1) is 10.1. The van der Waals surface area contributed by atoms with Crippen LogP contribution in [0, 0.1) is 3.57 Å². The lowest BCUT2D eigenvalue weighted by Gasteiger charge is -2.05. The molecular formula is C15H13IN2O3. The molecule has 0 saturated carbocycles. The number of phenols is 1. The van der Waals surface area contributed by atoms with Crippen molar-refractivity contribution in [2.75, 3.05) is 7.11 Å². The molecule has 108 valence electrons. The van der Waals surface area contributed by atoms with Gasteiger partial charge in [-0.2, -0.15) is 5.10 Å². The van der Waals surface area contributed by atoms with Crippen LogP contribution in [0.15, 0.2) is 47.6 Å². The molecule has 0 fully saturated rings. The van der Waals surface area contributed by atoms with Crippen LogP contribution in [0.3, 0.4) is 0 Å². The maximum Gasteiger partial charge on any atom is 0.272 e. The lowest BCUT2D eigenvalue weighted by molar-refractivity contribution is 0.0954. The first kappa shape index (κ1) is 15.3. The molecule has 2 aromatic carbocycles. The monoisotopic (exact) mass is 396 g/mol. The Balaban J connectivity index is 2.10. The molecule has 0 aliphatic carbocycles. The molecule has 2 rings (SSSR count). The minimum absolute atomic E-state index is 0.0210. The smallest absolute Gasteiger partial charge is 0.272 e. The summed E-state index contributed by atoms with van der Waals surface area (Å²) in [5, 5.41) is 13.7. The molecule has 5 nitrogen and oxygen atoms in total. The third kappa shape index (κ3) is 3.72. The quantitative estimate of drug-likeness (QED) is 0.475. The molecule has 0 bridgehead atoms. The van der Waals surface area contributed by atoms with E-state index in [1.807, 2.05) is 12.1 Å². The van der Waals surface area contributed by atoms with Gasteiger partial charge in [0.15, 0.2) is 11.5 Å². The zero-order chi connectivity index (χ0) is 15.2.